The van der Waals surface area contributed by atoms with Gasteiger partial charge in [0.05, 0.1) is 19.8 Å². The van der Waals surface area contributed by atoms with E-state index in [0.717, 1.165) is 10.4 Å². The molecule has 2 aromatic heterocycles. The van der Waals surface area contributed by atoms with E-state index in [1.54, 1.807) is 31.4 Å². The van der Waals surface area contributed by atoms with Gasteiger partial charge in [-0.1, -0.05) is 30.3 Å². The van der Waals surface area contributed by atoms with Crippen molar-refractivity contribution in [3.05, 3.63) is 93.6 Å². The fourth-order valence-corrected chi connectivity index (χ4v) is 5.05. The molecular formula is C26H21NO6S. The van der Waals surface area contributed by atoms with E-state index in [9.17, 15) is 14.7 Å². The third kappa shape index (κ3) is 3.62. The predicted molar refractivity (Wildman–Crippen MR) is 127 cm³/mol. The van der Waals surface area contributed by atoms with Crippen LogP contribution >= 0.6 is 11.3 Å². The van der Waals surface area contributed by atoms with Gasteiger partial charge in [0.25, 0.3) is 5.91 Å². The summed E-state index contributed by atoms with van der Waals surface area (Å²) in [7, 11) is 3.09. The average Bonchev–Trinajstić information content (AvgIpc) is 3.59. The van der Waals surface area contributed by atoms with Crippen molar-refractivity contribution in [3.63, 3.8) is 0 Å². The largest absolute Gasteiger partial charge is 0.503 e. The zero-order chi connectivity index (χ0) is 23.8. The first-order valence-corrected chi connectivity index (χ1v) is 11.4. The molecule has 1 atom stereocenters. The van der Waals surface area contributed by atoms with Crippen molar-refractivity contribution in [2.24, 2.45) is 0 Å². The number of furan rings is 1. The smallest absolute Gasteiger partial charge is 0.290 e. The minimum absolute atomic E-state index is 0.00614. The summed E-state index contributed by atoms with van der Waals surface area (Å²) in [5.41, 5.74) is 1.23. The second kappa shape index (κ2) is 8.72. The normalized spacial score (nSPS) is 15.9. The van der Waals surface area contributed by atoms with Gasteiger partial charge < -0.3 is 23.9 Å². The van der Waals surface area contributed by atoms with Crippen molar-refractivity contribution >= 4 is 34.0 Å². The number of rotatable bonds is 7. The number of Topliss-reactive ketones (excluding diaryl/α,β-unsaturated/α-hetero) is 1. The fourth-order valence-electron chi connectivity index (χ4n) is 4.20. The van der Waals surface area contributed by atoms with Crippen LogP contribution < -0.4 is 9.47 Å². The first-order chi connectivity index (χ1) is 16.5. The van der Waals surface area contributed by atoms with Crippen LogP contribution in [0.25, 0.3) is 11.0 Å². The van der Waals surface area contributed by atoms with Crippen molar-refractivity contribution in [2.45, 2.75) is 12.6 Å². The van der Waals surface area contributed by atoms with Crippen LogP contribution in [0.15, 0.2) is 81.8 Å². The molecule has 1 unspecified atom stereocenters. The molecule has 1 amide bonds. The number of carbonyl (C=O) groups is 2. The summed E-state index contributed by atoms with van der Waals surface area (Å²) < 4.78 is 16.5. The van der Waals surface area contributed by atoms with E-state index in [1.165, 1.54) is 23.3 Å². The molecule has 3 heterocycles. The third-order valence-corrected chi connectivity index (χ3v) is 6.72. The van der Waals surface area contributed by atoms with Crippen molar-refractivity contribution in [3.8, 4) is 11.5 Å². The van der Waals surface area contributed by atoms with Gasteiger partial charge in [-0.3, -0.25) is 9.59 Å². The van der Waals surface area contributed by atoms with E-state index in [-0.39, 0.29) is 17.9 Å². The summed E-state index contributed by atoms with van der Waals surface area (Å²) in [6.07, 6.45) is 0. The number of amides is 1. The number of ketones is 1. The average molecular weight is 476 g/mol. The Kier molecular flexibility index (Phi) is 5.59. The molecule has 0 fully saturated rings. The van der Waals surface area contributed by atoms with Crippen LogP contribution in [-0.2, 0) is 11.3 Å². The number of para-hydroxylation sites is 1. The van der Waals surface area contributed by atoms with Crippen molar-refractivity contribution in [1.82, 2.24) is 4.90 Å². The number of nitrogens with zero attached hydrogens (tertiary/aromatic N) is 1. The van der Waals surface area contributed by atoms with Crippen molar-refractivity contribution in [1.29, 1.82) is 0 Å². The zero-order valence-electron chi connectivity index (χ0n) is 18.5. The fraction of sp³-hybridized carbons (Fsp3) is 0.154. The van der Waals surface area contributed by atoms with Crippen LogP contribution in [0.5, 0.6) is 11.5 Å². The second-order valence-electron chi connectivity index (χ2n) is 7.78. The maximum Gasteiger partial charge on any atom is 0.290 e. The van der Waals surface area contributed by atoms with Crippen molar-refractivity contribution < 1.29 is 28.6 Å². The molecular weight excluding hydrogens is 454 g/mol. The number of hydrogen-bond acceptors (Lipinski definition) is 7. The quantitative estimate of drug-likeness (QED) is 0.365. The summed E-state index contributed by atoms with van der Waals surface area (Å²) in [6, 6.07) is 17.2. The van der Waals surface area contributed by atoms with E-state index < -0.39 is 23.5 Å². The molecule has 0 saturated heterocycles. The Morgan fingerprint density at radius 1 is 1.09 bits per heavy atom. The number of carbonyl (C=O) groups excluding carboxylic acids is 2. The summed E-state index contributed by atoms with van der Waals surface area (Å²) in [5, 5.41) is 13.4. The van der Waals surface area contributed by atoms with Gasteiger partial charge in [0, 0.05) is 16.8 Å². The van der Waals surface area contributed by atoms with Gasteiger partial charge >= 0.3 is 0 Å². The number of ether oxygens (including phenoxy) is 2. The molecule has 0 spiro atoms. The highest BCUT2D eigenvalue weighted by molar-refractivity contribution is 7.10. The topological polar surface area (TPSA) is 89.2 Å². The summed E-state index contributed by atoms with van der Waals surface area (Å²) in [4.78, 5) is 29.1. The lowest BCUT2D eigenvalue weighted by molar-refractivity contribution is -0.130. The van der Waals surface area contributed by atoms with Gasteiger partial charge in [-0.15, -0.1) is 11.3 Å². The van der Waals surface area contributed by atoms with Crippen LogP contribution in [0.1, 0.15) is 27.0 Å². The predicted octanol–water partition coefficient (Wildman–Crippen LogP) is 5.29. The molecule has 0 aliphatic carbocycles. The highest BCUT2D eigenvalue weighted by Gasteiger charge is 2.45. The standard InChI is InChI=1S/C26H21NO6S/c1-31-17-8-3-6-15(12-17)14-27-22(20-10-5-11-34-20)21(24(29)26(27)30)23(28)19-13-16-7-4-9-18(32-2)25(16)33-19/h3-13,22,29H,14H2,1-2H3. The maximum absolute atomic E-state index is 13.6. The van der Waals surface area contributed by atoms with Crippen LogP contribution in [0, 0.1) is 0 Å². The molecule has 8 heteroatoms. The molecule has 5 rings (SSSR count). The third-order valence-electron chi connectivity index (χ3n) is 5.80. The van der Waals surface area contributed by atoms with Gasteiger partial charge in [0.15, 0.2) is 22.9 Å². The lowest BCUT2D eigenvalue weighted by atomic mass is 10.00. The van der Waals surface area contributed by atoms with Crippen LogP contribution in [0.2, 0.25) is 0 Å². The molecule has 0 saturated carbocycles. The minimum Gasteiger partial charge on any atom is -0.503 e. The molecule has 1 N–H and O–H groups in total. The number of benzene rings is 2. The van der Waals surface area contributed by atoms with Gasteiger partial charge in [-0.25, -0.2) is 0 Å². The van der Waals surface area contributed by atoms with Gasteiger partial charge in [-0.05, 0) is 41.3 Å². The highest BCUT2D eigenvalue weighted by atomic mass is 32.1. The van der Waals surface area contributed by atoms with E-state index in [4.69, 9.17) is 13.9 Å². The molecule has 34 heavy (non-hydrogen) atoms. The maximum atomic E-state index is 13.6. The number of methoxy groups -OCH3 is 2. The van der Waals surface area contributed by atoms with Gasteiger partial charge in [0.2, 0.25) is 5.78 Å². The Labute approximate surface area is 199 Å². The number of hydrogen-bond donors (Lipinski definition) is 1. The Morgan fingerprint density at radius 3 is 2.65 bits per heavy atom. The summed E-state index contributed by atoms with van der Waals surface area (Å²) >= 11 is 1.41. The Bertz CT molecular complexity index is 1420. The van der Waals surface area contributed by atoms with E-state index in [2.05, 4.69) is 0 Å². The molecule has 7 nitrogen and oxygen atoms in total. The molecule has 1 aliphatic rings. The Balaban J connectivity index is 1.56. The van der Waals surface area contributed by atoms with Crippen molar-refractivity contribution in [2.75, 3.05) is 14.2 Å². The molecule has 4 aromatic rings. The number of aliphatic hydroxyl groups excluding tert-OH is 1. The number of thiophene rings is 1. The van der Waals surface area contributed by atoms with Gasteiger partial charge in [0.1, 0.15) is 11.8 Å². The number of aliphatic hydroxyl groups is 1. The Morgan fingerprint density at radius 2 is 1.91 bits per heavy atom. The lowest BCUT2D eigenvalue weighted by Crippen LogP contribution is -2.30. The number of fused-ring (bicyclic) bond motifs is 1. The molecule has 0 bridgehead atoms. The van der Waals surface area contributed by atoms with Crippen LogP contribution in [0.3, 0.4) is 0 Å². The molecule has 0 radical (unpaired) electrons. The monoisotopic (exact) mass is 475 g/mol. The first-order valence-electron chi connectivity index (χ1n) is 10.5. The van der Waals surface area contributed by atoms with E-state index >= 15 is 0 Å². The lowest BCUT2D eigenvalue weighted by Gasteiger charge is -2.25. The molecule has 1 aliphatic heterocycles. The van der Waals surface area contributed by atoms with E-state index in [0.29, 0.717) is 22.5 Å². The SMILES string of the molecule is COc1cccc(CN2C(=O)C(O)=C(C(=O)c3cc4cccc(OC)c4o3)C2c2cccs2)c1. The van der Waals surface area contributed by atoms with Gasteiger partial charge in [-0.2, -0.15) is 0 Å². The minimum atomic E-state index is -0.749. The zero-order valence-corrected chi connectivity index (χ0v) is 19.3. The first kappa shape index (κ1) is 21.8. The van der Waals surface area contributed by atoms with Crippen LogP contribution in [-0.4, -0.2) is 35.9 Å². The summed E-state index contributed by atoms with van der Waals surface area (Å²) in [6.45, 7) is 0.188. The highest BCUT2D eigenvalue weighted by Crippen LogP contribution is 2.42. The second-order valence-corrected chi connectivity index (χ2v) is 8.76. The van der Waals surface area contributed by atoms with Crippen LogP contribution in [0.4, 0.5) is 0 Å². The van der Waals surface area contributed by atoms with E-state index in [1.807, 2.05) is 41.8 Å². The molecule has 2 aromatic carbocycles. The molecule has 172 valence electrons. The summed E-state index contributed by atoms with van der Waals surface area (Å²) in [5.74, 6) is -0.556. The Hall–Kier alpha value is -4.04.